The number of aromatic nitrogens is 2. The van der Waals surface area contributed by atoms with Crippen LogP contribution in [0, 0.1) is 0 Å². The van der Waals surface area contributed by atoms with Gasteiger partial charge in [-0.25, -0.2) is 4.98 Å². The van der Waals surface area contributed by atoms with Gasteiger partial charge in [-0.05, 0) is 31.0 Å². The zero-order valence-electron chi connectivity index (χ0n) is 13.1. The van der Waals surface area contributed by atoms with Crippen LogP contribution >= 0.6 is 35.0 Å². The van der Waals surface area contributed by atoms with E-state index in [1.54, 1.807) is 6.07 Å². The van der Waals surface area contributed by atoms with Gasteiger partial charge in [0.05, 0.1) is 5.69 Å². The molecule has 4 nitrogen and oxygen atoms in total. The molecule has 2 rings (SSSR count). The zero-order chi connectivity index (χ0) is 17.0. The molecule has 23 heavy (non-hydrogen) atoms. The van der Waals surface area contributed by atoms with E-state index in [0.717, 1.165) is 15.6 Å². The molecule has 0 aliphatic carbocycles. The summed E-state index contributed by atoms with van der Waals surface area (Å²) >= 11 is 13.6. The number of benzene rings is 1. The lowest BCUT2D eigenvalue weighted by Gasteiger charge is -2.07. The van der Waals surface area contributed by atoms with E-state index >= 15 is 0 Å². The van der Waals surface area contributed by atoms with Crippen molar-refractivity contribution in [1.82, 2.24) is 9.97 Å². The molecule has 0 saturated heterocycles. The Morgan fingerprint density at radius 2 is 1.87 bits per heavy atom. The molecule has 0 amide bonds. The fraction of sp³-hybridized carbons (Fsp3) is 0.312. The highest BCUT2D eigenvalue weighted by Gasteiger charge is 2.19. The van der Waals surface area contributed by atoms with Gasteiger partial charge in [0.2, 0.25) is 0 Å². The predicted octanol–water partition coefficient (Wildman–Crippen LogP) is 6.14. The molecule has 1 aromatic heterocycles. The Labute approximate surface area is 150 Å². The predicted molar refractivity (Wildman–Crippen MR) is 94.0 cm³/mol. The van der Waals surface area contributed by atoms with Crippen molar-refractivity contribution in [2.45, 2.75) is 42.7 Å². The quantitative estimate of drug-likeness (QED) is 0.360. The first-order valence-electron chi connectivity index (χ1n) is 7.07. The van der Waals surface area contributed by atoms with Crippen LogP contribution in [0.15, 0.2) is 41.0 Å². The van der Waals surface area contributed by atoms with Gasteiger partial charge in [0.1, 0.15) is 17.1 Å². The Hall–Kier alpha value is -1.14. The lowest BCUT2D eigenvalue weighted by molar-refractivity contribution is -0.283. The van der Waals surface area contributed by atoms with Crippen molar-refractivity contribution in [3.63, 3.8) is 0 Å². The number of halogens is 2. The van der Waals surface area contributed by atoms with Crippen molar-refractivity contribution in [2.24, 2.45) is 0 Å². The molecule has 2 aromatic rings. The second-order valence-corrected chi connectivity index (χ2v) is 7.14. The Morgan fingerprint density at radius 1 is 1.22 bits per heavy atom. The maximum absolute atomic E-state index is 6.06. The number of rotatable bonds is 7. The summed E-state index contributed by atoms with van der Waals surface area (Å²) in [5, 5.41) is 2.05. The van der Waals surface area contributed by atoms with Gasteiger partial charge in [-0.3, -0.25) is 0 Å². The highest BCUT2D eigenvalue weighted by molar-refractivity contribution is 7.99. The summed E-state index contributed by atoms with van der Waals surface area (Å²) in [5.74, 6) is 0.965. The SMILES string of the molecule is C=COOC(C)c1nc(Sc2cc(Cl)cc(Cl)c2)c(C(C)C)[nH]1. The Balaban J connectivity index is 2.29. The van der Waals surface area contributed by atoms with Crippen LogP contribution in [0.3, 0.4) is 0 Å². The molecular weight excluding hydrogens is 355 g/mol. The van der Waals surface area contributed by atoms with Gasteiger partial charge in [-0.15, -0.1) is 0 Å². The van der Waals surface area contributed by atoms with Gasteiger partial charge in [0, 0.05) is 14.9 Å². The average Bonchev–Trinajstić information content (AvgIpc) is 2.87. The van der Waals surface area contributed by atoms with E-state index in [1.807, 2.05) is 19.1 Å². The third-order valence-corrected chi connectivity index (χ3v) is 4.41. The third-order valence-electron chi connectivity index (χ3n) is 3.00. The topological polar surface area (TPSA) is 47.1 Å². The maximum atomic E-state index is 6.06. The minimum atomic E-state index is -0.345. The molecule has 0 aliphatic heterocycles. The summed E-state index contributed by atoms with van der Waals surface area (Å²) in [4.78, 5) is 18.8. The number of hydrogen-bond acceptors (Lipinski definition) is 4. The van der Waals surface area contributed by atoms with Gasteiger partial charge in [0.25, 0.3) is 0 Å². The van der Waals surface area contributed by atoms with Crippen molar-refractivity contribution in [3.8, 4) is 0 Å². The number of H-pyrrole nitrogens is 1. The second-order valence-electron chi connectivity index (χ2n) is 5.20. The van der Waals surface area contributed by atoms with Crippen LogP contribution in [0.1, 0.15) is 44.3 Å². The number of hydrogen-bond donors (Lipinski definition) is 1. The number of nitrogens with one attached hydrogen (secondary N) is 1. The number of imidazole rings is 1. The molecule has 1 atom stereocenters. The third kappa shape index (κ3) is 4.91. The van der Waals surface area contributed by atoms with Crippen LogP contribution in [0.25, 0.3) is 0 Å². The minimum Gasteiger partial charge on any atom is -0.345 e. The van der Waals surface area contributed by atoms with E-state index in [4.69, 9.17) is 33.0 Å². The van der Waals surface area contributed by atoms with E-state index in [1.165, 1.54) is 18.0 Å². The van der Waals surface area contributed by atoms with Gasteiger partial charge >= 0.3 is 0 Å². The first-order chi connectivity index (χ1) is 10.9. The lowest BCUT2D eigenvalue weighted by Crippen LogP contribution is -2.01. The van der Waals surface area contributed by atoms with Crippen molar-refractivity contribution < 1.29 is 9.78 Å². The van der Waals surface area contributed by atoms with Crippen LogP contribution in [0.4, 0.5) is 0 Å². The Morgan fingerprint density at radius 3 is 2.43 bits per heavy atom. The van der Waals surface area contributed by atoms with Gasteiger partial charge < -0.3 is 9.87 Å². The monoisotopic (exact) mass is 372 g/mol. The number of aromatic amines is 1. The highest BCUT2D eigenvalue weighted by atomic mass is 35.5. The summed E-state index contributed by atoms with van der Waals surface area (Å²) in [6, 6.07) is 5.42. The molecule has 1 N–H and O–H groups in total. The van der Waals surface area contributed by atoms with Crippen LogP contribution < -0.4 is 0 Å². The summed E-state index contributed by atoms with van der Waals surface area (Å²) in [7, 11) is 0. The normalized spacial score (nSPS) is 12.4. The molecule has 124 valence electrons. The van der Waals surface area contributed by atoms with Gasteiger partial charge in [0.15, 0.2) is 6.10 Å². The molecule has 0 aliphatic rings. The lowest BCUT2D eigenvalue weighted by atomic mass is 10.2. The molecular formula is C16H18Cl2N2O2S. The van der Waals surface area contributed by atoms with Crippen LogP contribution in [0.2, 0.25) is 10.0 Å². The molecule has 1 aromatic carbocycles. The van der Waals surface area contributed by atoms with E-state index in [0.29, 0.717) is 15.9 Å². The molecule has 0 bridgehead atoms. The fourth-order valence-electron chi connectivity index (χ4n) is 1.92. The molecule has 7 heteroatoms. The fourth-order valence-corrected chi connectivity index (χ4v) is 3.71. The largest absolute Gasteiger partial charge is 0.345 e. The van der Waals surface area contributed by atoms with Crippen molar-refractivity contribution >= 4 is 35.0 Å². The summed E-state index contributed by atoms with van der Waals surface area (Å²) in [6.07, 6.45) is 0.884. The summed E-state index contributed by atoms with van der Waals surface area (Å²) in [5.41, 5.74) is 1.02. The van der Waals surface area contributed by atoms with Crippen molar-refractivity contribution in [1.29, 1.82) is 0 Å². The second kappa shape index (κ2) is 8.11. The van der Waals surface area contributed by atoms with Crippen molar-refractivity contribution in [2.75, 3.05) is 0 Å². The van der Waals surface area contributed by atoms with Crippen LogP contribution in [-0.2, 0) is 9.78 Å². The van der Waals surface area contributed by atoms with Gasteiger partial charge in [-0.2, -0.15) is 4.89 Å². The minimum absolute atomic E-state index is 0.279. The zero-order valence-corrected chi connectivity index (χ0v) is 15.4. The Bertz CT molecular complexity index is 668. The first-order valence-corrected chi connectivity index (χ1v) is 8.64. The smallest absolute Gasteiger partial charge is 0.159 e. The first kappa shape index (κ1) is 18.2. The molecule has 0 radical (unpaired) electrons. The highest BCUT2D eigenvalue weighted by Crippen LogP contribution is 2.36. The van der Waals surface area contributed by atoms with E-state index in [2.05, 4.69) is 30.4 Å². The van der Waals surface area contributed by atoms with E-state index in [9.17, 15) is 0 Å². The average molecular weight is 373 g/mol. The molecule has 0 spiro atoms. The van der Waals surface area contributed by atoms with E-state index < -0.39 is 0 Å². The van der Waals surface area contributed by atoms with Crippen LogP contribution in [-0.4, -0.2) is 9.97 Å². The summed E-state index contributed by atoms with van der Waals surface area (Å²) < 4.78 is 0. The molecule has 0 fully saturated rings. The molecule has 1 unspecified atom stereocenters. The van der Waals surface area contributed by atoms with Crippen molar-refractivity contribution in [3.05, 3.63) is 52.6 Å². The van der Waals surface area contributed by atoms with Crippen LogP contribution in [0.5, 0.6) is 0 Å². The maximum Gasteiger partial charge on any atom is 0.159 e. The summed E-state index contributed by atoms with van der Waals surface area (Å²) in [6.45, 7) is 9.48. The number of nitrogens with zero attached hydrogens (tertiary/aromatic N) is 1. The Kier molecular flexibility index (Phi) is 6.41. The standard InChI is InChI=1S/C16H18Cl2N2O2S/c1-5-21-22-10(4)15-19-14(9(2)3)16(20-15)23-13-7-11(17)6-12(18)8-13/h5-10H,1H2,2-4H3,(H,19,20). The molecule has 1 heterocycles. The van der Waals surface area contributed by atoms with Gasteiger partial charge in [-0.1, -0.05) is 55.4 Å². The molecule has 0 saturated carbocycles. The van der Waals surface area contributed by atoms with E-state index in [-0.39, 0.29) is 12.0 Å².